The second kappa shape index (κ2) is 9.26. The molecule has 0 aliphatic carbocycles. The number of hydrogen-bond acceptors (Lipinski definition) is 4. The third-order valence-corrected chi connectivity index (χ3v) is 5.86. The number of hydrogen-bond donors (Lipinski definition) is 1. The highest BCUT2D eigenvalue weighted by Crippen LogP contribution is 2.32. The van der Waals surface area contributed by atoms with Crippen LogP contribution in [0.2, 0.25) is 0 Å². The lowest BCUT2D eigenvalue weighted by molar-refractivity contribution is -0.123. The van der Waals surface area contributed by atoms with Crippen molar-refractivity contribution >= 4 is 5.91 Å². The van der Waals surface area contributed by atoms with Crippen molar-refractivity contribution < 1.29 is 14.3 Å². The predicted octanol–water partition coefficient (Wildman–Crippen LogP) is 3.02. The summed E-state index contributed by atoms with van der Waals surface area (Å²) in [5.74, 6) is 2.19. The number of benzene rings is 1. The van der Waals surface area contributed by atoms with E-state index in [1.165, 1.54) is 45.2 Å². The SMILES string of the molecule is COc1ccc(CCNC(=O)C[C@H]2CCCN3CCCCC23)cc1OC. The van der Waals surface area contributed by atoms with Crippen LogP contribution in [0.5, 0.6) is 11.5 Å². The Labute approximate surface area is 157 Å². The second-order valence-electron chi connectivity index (χ2n) is 7.49. The molecule has 1 aromatic rings. The Morgan fingerprint density at radius 1 is 1.12 bits per heavy atom. The van der Waals surface area contributed by atoms with Gasteiger partial charge in [-0.25, -0.2) is 0 Å². The van der Waals surface area contributed by atoms with E-state index >= 15 is 0 Å². The first-order chi connectivity index (χ1) is 12.7. The lowest BCUT2D eigenvalue weighted by Gasteiger charge is -2.44. The lowest BCUT2D eigenvalue weighted by Crippen LogP contribution is -2.49. The third-order valence-electron chi connectivity index (χ3n) is 5.86. The zero-order valence-electron chi connectivity index (χ0n) is 16.1. The molecule has 2 saturated heterocycles. The molecule has 2 fully saturated rings. The fourth-order valence-corrected chi connectivity index (χ4v) is 4.51. The van der Waals surface area contributed by atoms with Crippen molar-refractivity contribution in [1.82, 2.24) is 10.2 Å². The van der Waals surface area contributed by atoms with Gasteiger partial charge in [0.2, 0.25) is 5.91 Å². The number of rotatable bonds is 7. The van der Waals surface area contributed by atoms with E-state index in [1.807, 2.05) is 18.2 Å². The Bertz CT molecular complexity index is 603. The van der Waals surface area contributed by atoms with E-state index in [0.717, 1.165) is 23.5 Å². The number of ether oxygens (including phenoxy) is 2. The Balaban J connectivity index is 1.45. The number of nitrogens with zero attached hydrogens (tertiary/aromatic N) is 1. The van der Waals surface area contributed by atoms with Crippen LogP contribution in [0.4, 0.5) is 0 Å². The van der Waals surface area contributed by atoms with Gasteiger partial charge in [-0.05, 0) is 68.8 Å². The highest BCUT2D eigenvalue weighted by Gasteiger charge is 2.33. The Morgan fingerprint density at radius 2 is 1.92 bits per heavy atom. The summed E-state index contributed by atoms with van der Waals surface area (Å²) < 4.78 is 10.6. The van der Waals surface area contributed by atoms with Crippen LogP contribution in [0, 0.1) is 5.92 Å². The van der Waals surface area contributed by atoms with Crippen LogP contribution in [0.15, 0.2) is 18.2 Å². The van der Waals surface area contributed by atoms with Gasteiger partial charge in [0, 0.05) is 19.0 Å². The van der Waals surface area contributed by atoms with Crippen molar-refractivity contribution in [3.05, 3.63) is 23.8 Å². The fourth-order valence-electron chi connectivity index (χ4n) is 4.51. The zero-order valence-corrected chi connectivity index (χ0v) is 16.1. The average molecular weight is 360 g/mol. The monoisotopic (exact) mass is 360 g/mol. The number of piperidine rings is 2. The number of carbonyl (C=O) groups is 1. The summed E-state index contributed by atoms with van der Waals surface area (Å²) in [5, 5.41) is 3.11. The molecule has 3 rings (SSSR count). The third kappa shape index (κ3) is 4.70. The summed E-state index contributed by atoms with van der Waals surface area (Å²) in [5.41, 5.74) is 1.14. The second-order valence-corrected chi connectivity index (χ2v) is 7.49. The molecule has 1 amide bonds. The number of methoxy groups -OCH3 is 2. The van der Waals surface area contributed by atoms with Crippen molar-refractivity contribution in [2.75, 3.05) is 33.9 Å². The van der Waals surface area contributed by atoms with Crippen LogP contribution in [0.1, 0.15) is 44.1 Å². The zero-order chi connectivity index (χ0) is 18.4. The average Bonchev–Trinajstić information content (AvgIpc) is 2.68. The minimum Gasteiger partial charge on any atom is -0.493 e. The molecule has 0 bridgehead atoms. The van der Waals surface area contributed by atoms with Gasteiger partial charge >= 0.3 is 0 Å². The van der Waals surface area contributed by atoms with Crippen LogP contribution in [0.25, 0.3) is 0 Å². The Morgan fingerprint density at radius 3 is 2.73 bits per heavy atom. The van der Waals surface area contributed by atoms with Gasteiger partial charge in [-0.1, -0.05) is 12.5 Å². The summed E-state index contributed by atoms with van der Waals surface area (Å²) in [6.45, 7) is 3.11. The minimum atomic E-state index is 0.197. The smallest absolute Gasteiger partial charge is 0.220 e. The van der Waals surface area contributed by atoms with Crippen LogP contribution < -0.4 is 14.8 Å². The van der Waals surface area contributed by atoms with Gasteiger partial charge in [0.25, 0.3) is 0 Å². The van der Waals surface area contributed by atoms with E-state index in [0.29, 0.717) is 24.9 Å². The van der Waals surface area contributed by atoms with Crippen molar-refractivity contribution in [3.63, 3.8) is 0 Å². The molecule has 5 nitrogen and oxygen atoms in total. The molecule has 1 unspecified atom stereocenters. The summed E-state index contributed by atoms with van der Waals surface area (Å²) >= 11 is 0. The molecule has 5 heteroatoms. The molecule has 26 heavy (non-hydrogen) atoms. The molecule has 2 atom stereocenters. The molecular formula is C21H32N2O3. The largest absolute Gasteiger partial charge is 0.493 e. The number of carbonyl (C=O) groups excluding carboxylic acids is 1. The van der Waals surface area contributed by atoms with E-state index in [9.17, 15) is 4.79 Å². The summed E-state index contributed by atoms with van der Waals surface area (Å²) in [6.07, 6.45) is 7.81. The van der Waals surface area contributed by atoms with E-state index in [2.05, 4.69) is 10.2 Å². The molecule has 1 N–H and O–H groups in total. The van der Waals surface area contributed by atoms with Crippen LogP contribution in [-0.4, -0.2) is 50.7 Å². The molecule has 144 valence electrons. The molecule has 0 saturated carbocycles. The Hall–Kier alpha value is -1.75. The van der Waals surface area contributed by atoms with E-state index in [4.69, 9.17) is 9.47 Å². The van der Waals surface area contributed by atoms with E-state index < -0.39 is 0 Å². The summed E-state index contributed by atoms with van der Waals surface area (Å²) in [4.78, 5) is 15.0. The molecular weight excluding hydrogens is 328 g/mol. The topological polar surface area (TPSA) is 50.8 Å². The van der Waals surface area contributed by atoms with Gasteiger partial charge in [-0.3, -0.25) is 4.79 Å². The standard InChI is InChI=1S/C21H32N2O3/c1-25-19-9-8-16(14-20(19)26-2)10-11-22-21(24)15-17-6-5-13-23-12-4-3-7-18(17)23/h8-9,14,17-18H,3-7,10-13,15H2,1-2H3,(H,22,24)/t17-,18?/m1/s1. The first kappa shape index (κ1) is 19.0. The first-order valence-corrected chi connectivity index (χ1v) is 9.93. The molecule has 0 aromatic heterocycles. The van der Waals surface area contributed by atoms with E-state index in [1.54, 1.807) is 14.2 Å². The van der Waals surface area contributed by atoms with E-state index in [-0.39, 0.29) is 5.91 Å². The summed E-state index contributed by atoms with van der Waals surface area (Å²) in [7, 11) is 3.28. The normalized spacial score (nSPS) is 23.2. The van der Waals surface area contributed by atoms with Crippen LogP contribution in [0.3, 0.4) is 0 Å². The van der Waals surface area contributed by atoms with Crippen molar-refractivity contribution in [2.24, 2.45) is 5.92 Å². The number of fused-ring (bicyclic) bond motifs is 1. The van der Waals surface area contributed by atoms with Crippen molar-refractivity contribution in [2.45, 2.75) is 51.0 Å². The number of nitrogens with one attached hydrogen (secondary N) is 1. The predicted molar refractivity (Wildman–Crippen MR) is 103 cm³/mol. The lowest BCUT2D eigenvalue weighted by atomic mass is 9.81. The fraction of sp³-hybridized carbons (Fsp3) is 0.667. The first-order valence-electron chi connectivity index (χ1n) is 9.93. The highest BCUT2D eigenvalue weighted by molar-refractivity contribution is 5.76. The quantitative estimate of drug-likeness (QED) is 0.812. The summed E-state index contributed by atoms with van der Waals surface area (Å²) in [6, 6.07) is 6.55. The van der Waals surface area contributed by atoms with Gasteiger partial charge in [0.05, 0.1) is 14.2 Å². The van der Waals surface area contributed by atoms with Crippen LogP contribution >= 0.6 is 0 Å². The maximum absolute atomic E-state index is 12.4. The molecule has 0 radical (unpaired) electrons. The molecule has 2 heterocycles. The van der Waals surface area contributed by atoms with Gasteiger partial charge in [0.1, 0.15) is 0 Å². The molecule has 2 aliphatic heterocycles. The molecule has 0 spiro atoms. The van der Waals surface area contributed by atoms with Gasteiger partial charge in [-0.15, -0.1) is 0 Å². The van der Waals surface area contributed by atoms with Gasteiger partial charge in [0.15, 0.2) is 11.5 Å². The highest BCUT2D eigenvalue weighted by atomic mass is 16.5. The Kier molecular flexibility index (Phi) is 6.78. The van der Waals surface area contributed by atoms with Gasteiger partial charge < -0.3 is 19.7 Å². The molecule has 1 aromatic carbocycles. The molecule has 2 aliphatic rings. The van der Waals surface area contributed by atoms with Crippen molar-refractivity contribution in [1.29, 1.82) is 0 Å². The number of amides is 1. The maximum Gasteiger partial charge on any atom is 0.220 e. The van der Waals surface area contributed by atoms with Crippen LogP contribution in [-0.2, 0) is 11.2 Å². The minimum absolute atomic E-state index is 0.197. The maximum atomic E-state index is 12.4. The van der Waals surface area contributed by atoms with Crippen molar-refractivity contribution in [3.8, 4) is 11.5 Å². The van der Waals surface area contributed by atoms with Gasteiger partial charge in [-0.2, -0.15) is 0 Å².